The Balaban J connectivity index is 2.05. The maximum atomic E-state index is 10.9. The summed E-state index contributed by atoms with van der Waals surface area (Å²) in [5, 5.41) is 2.06. The monoisotopic (exact) mass is 196 g/mol. The summed E-state index contributed by atoms with van der Waals surface area (Å²) in [6.07, 6.45) is 3.40. The lowest BCUT2D eigenvalue weighted by Gasteiger charge is -1.95. The molecule has 0 spiro atoms. The number of rotatable bonds is 2. The maximum Gasteiger partial charge on any atom is 0.156 e. The molecule has 0 fully saturated rings. The van der Waals surface area contributed by atoms with Gasteiger partial charge in [-0.25, -0.2) is 0 Å². The lowest BCUT2D eigenvalue weighted by molar-refractivity contribution is -0.114. The smallest absolute Gasteiger partial charge is 0.156 e. The van der Waals surface area contributed by atoms with E-state index < -0.39 is 0 Å². The first-order valence-corrected chi connectivity index (χ1v) is 5.49. The van der Waals surface area contributed by atoms with E-state index in [1.54, 1.807) is 29.2 Å². The molecule has 1 aromatic heterocycles. The molecule has 0 N–H and O–H groups in total. The topological polar surface area (TPSA) is 17.1 Å². The van der Waals surface area contributed by atoms with Crippen molar-refractivity contribution in [3.63, 3.8) is 0 Å². The van der Waals surface area contributed by atoms with E-state index in [9.17, 15) is 4.79 Å². The fourth-order valence-corrected chi connectivity index (χ4v) is 3.03. The minimum atomic E-state index is 0.272. The van der Waals surface area contributed by atoms with Crippen LogP contribution in [0.15, 0.2) is 32.7 Å². The van der Waals surface area contributed by atoms with Crippen LogP contribution in [0.25, 0.3) is 0 Å². The molecule has 0 unspecified atom stereocenters. The molecule has 1 nitrogen and oxygen atoms in total. The fourth-order valence-electron chi connectivity index (χ4n) is 1.10. The first kappa shape index (κ1) is 8.08. The molecule has 62 valence electrons. The van der Waals surface area contributed by atoms with E-state index in [0.29, 0.717) is 6.42 Å². The van der Waals surface area contributed by atoms with Crippen LogP contribution >= 0.6 is 23.1 Å². The lowest BCUT2D eigenvalue weighted by Crippen LogP contribution is -1.80. The second-order valence-corrected chi connectivity index (χ2v) is 4.99. The molecule has 1 aliphatic rings. The Morgan fingerprint density at radius 1 is 1.42 bits per heavy atom. The van der Waals surface area contributed by atoms with E-state index in [1.807, 2.05) is 6.07 Å². The summed E-state index contributed by atoms with van der Waals surface area (Å²) in [7, 11) is 0. The van der Waals surface area contributed by atoms with E-state index in [2.05, 4.69) is 11.4 Å². The van der Waals surface area contributed by atoms with Gasteiger partial charge < -0.3 is 0 Å². The van der Waals surface area contributed by atoms with Gasteiger partial charge in [0.05, 0.1) is 4.21 Å². The lowest BCUT2D eigenvalue weighted by atomic mass is 10.3. The van der Waals surface area contributed by atoms with Gasteiger partial charge in [0, 0.05) is 6.42 Å². The quantitative estimate of drug-likeness (QED) is 0.723. The Kier molecular flexibility index (Phi) is 2.33. The number of hydrogen-bond acceptors (Lipinski definition) is 3. The summed E-state index contributed by atoms with van der Waals surface area (Å²) >= 11 is 3.44. The summed E-state index contributed by atoms with van der Waals surface area (Å²) in [4.78, 5) is 12.1. The highest BCUT2D eigenvalue weighted by molar-refractivity contribution is 8.04. The zero-order chi connectivity index (χ0) is 8.39. The van der Waals surface area contributed by atoms with E-state index >= 15 is 0 Å². The molecule has 1 heterocycles. The third kappa shape index (κ3) is 1.79. The van der Waals surface area contributed by atoms with Crippen LogP contribution in [-0.2, 0) is 4.79 Å². The van der Waals surface area contributed by atoms with Crippen molar-refractivity contribution < 1.29 is 4.79 Å². The molecule has 0 saturated heterocycles. The third-order valence-electron chi connectivity index (χ3n) is 1.67. The Bertz CT molecular complexity index is 311. The molecule has 0 aromatic carbocycles. The minimum Gasteiger partial charge on any atom is -0.295 e. The number of thioether (sulfide) groups is 1. The zero-order valence-electron chi connectivity index (χ0n) is 6.45. The van der Waals surface area contributed by atoms with Crippen LogP contribution in [0, 0.1) is 0 Å². The molecule has 0 atom stereocenters. The highest BCUT2D eigenvalue weighted by Crippen LogP contribution is 2.35. The van der Waals surface area contributed by atoms with Crippen LogP contribution in [-0.4, -0.2) is 5.78 Å². The second kappa shape index (κ2) is 3.46. The van der Waals surface area contributed by atoms with Gasteiger partial charge in [-0.2, -0.15) is 0 Å². The van der Waals surface area contributed by atoms with Crippen molar-refractivity contribution >= 4 is 28.9 Å². The van der Waals surface area contributed by atoms with Crippen molar-refractivity contribution in [2.45, 2.75) is 17.1 Å². The highest BCUT2D eigenvalue weighted by Gasteiger charge is 2.12. The molecule has 0 radical (unpaired) electrons. The number of carbonyl (C=O) groups excluding carboxylic acids is 1. The van der Waals surface area contributed by atoms with Crippen LogP contribution < -0.4 is 0 Å². The first-order chi connectivity index (χ1) is 5.84. The van der Waals surface area contributed by atoms with Crippen molar-refractivity contribution in [1.29, 1.82) is 0 Å². The van der Waals surface area contributed by atoms with Crippen molar-refractivity contribution in [1.82, 2.24) is 0 Å². The van der Waals surface area contributed by atoms with Gasteiger partial charge in [0.15, 0.2) is 5.78 Å². The third-order valence-corrected chi connectivity index (χ3v) is 3.79. The molecule has 1 aliphatic carbocycles. The SMILES string of the molecule is O=C1C=C(Sc2cccs2)CC1. The predicted octanol–water partition coefficient (Wildman–Crippen LogP) is 3.09. The Hall–Kier alpha value is -0.540. The van der Waals surface area contributed by atoms with E-state index in [1.165, 1.54) is 9.11 Å². The summed E-state index contributed by atoms with van der Waals surface area (Å²) < 4.78 is 1.27. The fraction of sp³-hybridized carbons (Fsp3) is 0.222. The average molecular weight is 196 g/mol. The number of hydrogen-bond donors (Lipinski definition) is 0. The first-order valence-electron chi connectivity index (χ1n) is 3.79. The molecule has 0 amide bonds. The highest BCUT2D eigenvalue weighted by atomic mass is 32.2. The van der Waals surface area contributed by atoms with Gasteiger partial charge in [-0.3, -0.25) is 4.79 Å². The summed E-state index contributed by atoms with van der Waals surface area (Å²) in [5.41, 5.74) is 0. The molecule has 0 aliphatic heterocycles. The molecule has 3 heteroatoms. The normalized spacial score (nSPS) is 16.7. The standard InChI is InChI=1S/C9H8OS2/c10-7-3-4-8(6-7)12-9-2-1-5-11-9/h1-2,5-6H,3-4H2. The van der Waals surface area contributed by atoms with Crippen molar-refractivity contribution in [3.8, 4) is 0 Å². The van der Waals surface area contributed by atoms with Gasteiger partial charge in [-0.15, -0.1) is 11.3 Å². The van der Waals surface area contributed by atoms with E-state index in [-0.39, 0.29) is 5.78 Å². The zero-order valence-corrected chi connectivity index (χ0v) is 8.08. The van der Waals surface area contributed by atoms with Crippen LogP contribution in [0.4, 0.5) is 0 Å². The van der Waals surface area contributed by atoms with Crippen LogP contribution in [0.2, 0.25) is 0 Å². The van der Waals surface area contributed by atoms with Crippen molar-refractivity contribution in [3.05, 3.63) is 28.5 Å². The van der Waals surface area contributed by atoms with Gasteiger partial charge in [0.25, 0.3) is 0 Å². The van der Waals surface area contributed by atoms with Crippen LogP contribution in [0.5, 0.6) is 0 Å². The summed E-state index contributed by atoms with van der Waals surface area (Å²) in [5.74, 6) is 0.272. The van der Waals surface area contributed by atoms with Gasteiger partial charge in [-0.05, 0) is 28.8 Å². The largest absolute Gasteiger partial charge is 0.295 e. The van der Waals surface area contributed by atoms with Crippen molar-refractivity contribution in [2.24, 2.45) is 0 Å². The number of allylic oxidation sites excluding steroid dienone is 2. The van der Waals surface area contributed by atoms with Gasteiger partial charge in [-0.1, -0.05) is 17.8 Å². The van der Waals surface area contributed by atoms with Gasteiger partial charge in [0.2, 0.25) is 0 Å². The predicted molar refractivity (Wildman–Crippen MR) is 52.5 cm³/mol. The molecular weight excluding hydrogens is 188 g/mol. The second-order valence-electron chi connectivity index (χ2n) is 2.61. The molecule has 0 bridgehead atoms. The van der Waals surface area contributed by atoms with Gasteiger partial charge >= 0.3 is 0 Å². The maximum absolute atomic E-state index is 10.9. The summed E-state index contributed by atoms with van der Waals surface area (Å²) in [6, 6.07) is 4.11. The Labute approximate surface area is 79.5 Å². The summed E-state index contributed by atoms with van der Waals surface area (Å²) in [6.45, 7) is 0. The van der Waals surface area contributed by atoms with Crippen molar-refractivity contribution in [2.75, 3.05) is 0 Å². The minimum absolute atomic E-state index is 0.272. The van der Waals surface area contributed by atoms with Crippen LogP contribution in [0.1, 0.15) is 12.8 Å². The number of ketones is 1. The Morgan fingerprint density at radius 2 is 2.33 bits per heavy atom. The molecular formula is C9H8OS2. The van der Waals surface area contributed by atoms with Crippen LogP contribution in [0.3, 0.4) is 0 Å². The van der Waals surface area contributed by atoms with E-state index in [4.69, 9.17) is 0 Å². The number of carbonyl (C=O) groups is 1. The molecule has 2 rings (SSSR count). The molecule has 0 saturated carbocycles. The average Bonchev–Trinajstić information content (AvgIpc) is 2.63. The van der Waals surface area contributed by atoms with E-state index in [0.717, 1.165) is 6.42 Å². The molecule has 1 aromatic rings. The Morgan fingerprint density at radius 3 is 2.92 bits per heavy atom. The molecule has 12 heavy (non-hydrogen) atoms. The van der Waals surface area contributed by atoms with Gasteiger partial charge in [0.1, 0.15) is 0 Å². The number of thiophene rings is 1.